The molecule has 1 amide bonds. The molecule has 0 radical (unpaired) electrons. The number of nitrogens with two attached hydrogens (primary N) is 1. The highest BCUT2D eigenvalue weighted by Crippen LogP contribution is 2.35. The molecule has 2 aliphatic heterocycles. The maximum Gasteiger partial charge on any atom is 0.407 e. The minimum atomic E-state index is -0.402. The molecule has 2 aromatic heterocycles. The summed E-state index contributed by atoms with van der Waals surface area (Å²) in [5.41, 5.74) is 12.2. The molecule has 4 heterocycles. The lowest BCUT2D eigenvalue weighted by molar-refractivity contribution is 0.137. The number of anilines is 2. The Balaban J connectivity index is 0.000000180. The Morgan fingerprint density at radius 1 is 0.677 bits per heavy atom. The van der Waals surface area contributed by atoms with Gasteiger partial charge in [0.1, 0.15) is 29.7 Å². The van der Waals surface area contributed by atoms with Crippen molar-refractivity contribution in [2.75, 3.05) is 49.1 Å². The lowest BCUT2D eigenvalue weighted by Gasteiger charge is -2.34. The molecule has 12 nitrogen and oxygen atoms in total. The van der Waals surface area contributed by atoms with E-state index in [1.807, 2.05) is 61.5 Å². The Kier molecular flexibility index (Phi) is 13.0. The van der Waals surface area contributed by atoms with Crippen molar-refractivity contribution >= 4 is 39.5 Å². The van der Waals surface area contributed by atoms with Gasteiger partial charge in [0.2, 0.25) is 0 Å². The van der Waals surface area contributed by atoms with Crippen LogP contribution in [0.3, 0.4) is 0 Å². The van der Waals surface area contributed by atoms with Crippen LogP contribution in [0.25, 0.3) is 44.6 Å². The van der Waals surface area contributed by atoms with E-state index in [1.165, 1.54) is 6.42 Å². The molecule has 0 bridgehead atoms. The highest BCUT2D eigenvalue weighted by molar-refractivity contribution is 5.93. The lowest BCUT2D eigenvalue weighted by atomic mass is 9.97. The zero-order chi connectivity index (χ0) is 43.0. The molecule has 9 rings (SSSR count). The van der Waals surface area contributed by atoms with Crippen molar-refractivity contribution in [3.63, 3.8) is 0 Å². The molecule has 318 valence electrons. The van der Waals surface area contributed by atoms with Crippen LogP contribution in [-0.2, 0) is 11.3 Å². The van der Waals surface area contributed by atoms with Gasteiger partial charge in [0.05, 0.1) is 22.2 Å². The van der Waals surface area contributed by atoms with Gasteiger partial charge in [-0.15, -0.1) is 0 Å². The van der Waals surface area contributed by atoms with Crippen molar-refractivity contribution in [3.05, 3.63) is 132 Å². The number of aryl methyl sites for hydroxylation is 2. The van der Waals surface area contributed by atoms with Crippen molar-refractivity contribution < 1.29 is 19.7 Å². The number of aromatic hydroxyl groups is 2. The highest BCUT2D eigenvalue weighted by Gasteiger charge is 2.26. The summed E-state index contributed by atoms with van der Waals surface area (Å²) in [5.74, 6) is 3.98. The quantitative estimate of drug-likeness (QED) is 0.110. The molecular formula is C50H54N8O4. The predicted octanol–water partition coefficient (Wildman–Crippen LogP) is 8.94. The van der Waals surface area contributed by atoms with Crippen LogP contribution in [0.1, 0.15) is 42.4 Å². The maximum absolute atomic E-state index is 12.3. The van der Waals surface area contributed by atoms with Gasteiger partial charge in [-0.3, -0.25) is 0 Å². The molecule has 2 saturated heterocycles. The first-order valence-corrected chi connectivity index (χ1v) is 21.5. The monoisotopic (exact) mass is 830 g/mol. The SMILES string of the molecule is Cc1ccc2c(N3CCC[C@H](CN)C3)nc(-c3ccccc3O)nc2c1.Cc1ccc2c(N3CCC[C@H](CNC(=O)OCc4ccccc4)C3)nc(-c3ccccc3O)nc2c1. The number of carbonyl (C=O) groups excluding carboxylic acids is 1. The van der Waals surface area contributed by atoms with Crippen LogP contribution in [0.5, 0.6) is 11.5 Å². The molecule has 2 aliphatic rings. The molecule has 5 aromatic carbocycles. The van der Waals surface area contributed by atoms with Gasteiger partial charge >= 0.3 is 6.09 Å². The summed E-state index contributed by atoms with van der Waals surface area (Å²) >= 11 is 0. The van der Waals surface area contributed by atoms with Crippen molar-refractivity contribution in [3.8, 4) is 34.3 Å². The van der Waals surface area contributed by atoms with Gasteiger partial charge in [-0.25, -0.2) is 24.7 Å². The van der Waals surface area contributed by atoms with E-state index >= 15 is 0 Å². The molecule has 2 atom stereocenters. The number of piperidine rings is 2. The second-order valence-corrected chi connectivity index (χ2v) is 16.4. The number of benzene rings is 5. The first-order chi connectivity index (χ1) is 30.2. The number of rotatable bonds is 9. The Bertz CT molecular complexity index is 2660. The Morgan fingerprint density at radius 2 is 1.18 bits per heavy atom. The van der Waals surface area contributed by atoms with Crippen molar-refractivity contribution in [1.82, 2.24) is 25.3 Å². The van der Waals surface area contributed by atoms with Crippen molar-refractivity contribution in [1.29, 1.82) is 0 Å². The van der Waals surface area contributed by atoms with Crippen LogP contribution >= 0.6 is 0 Å². The standard InChI is InChI=1S/C29H30N4O3.C21H24N4O/c1-20-13-14-23-25(16-20)31-27(24-11-5-6-12-26(24)34)32-28(23)33-15-7-10-22(18-33)17-30-29(35)36-19-21-8-3-2-4-9-21;1-14-8-9-16-18(11-14)23-20(17-6-2-3-7-19(17)26)24-21(16)25-10-4-5-15(12-22)13-25/h2-6,8-9,11-14,16,22,34H,7,10,15,17-19H2,1H3,(H,30,35);2-3,6-9,11,15,26H,4-5,10,12-13,22H2,1H3/t22-;15-/m11/s1. The summed E-state index contributed by atoms with van der Waals surface area (Å²) in [4.78, 5) is 36.2. The number of hydrogen-bond acceptors (Lipinski definition) is 11. The van der Waals surface area contributed by atoms with Crippen LogP contribution in [0.15, 0.2) is 115 Å². The fourth-order valence-electron chi connectivity index (χ4n) is 8.37. The number of phenols is 2. The summed E-state index contributed by atoms with van der Waals surface area (Å²) in [5, 5.41) is 25.6. The molecule has 0 spiro atoms. The zero-order valence-corrected chi connectivity index (χ0v) is 35.4. The summed E-state index contributed by atoms with van der Waals surface area (Å²) in [7, 11) is 0. The van der Waals surface area contributed by atoms with E-state index in [2.05, 4.69) is 58.4 Å². The van der Waals surface area contributed by atoms with Crippen molar-refractivity contribution in [2.24, 2.45) is 17.6 Å². The molecule has 7 aromatic rings. The Morgan fingerprint density at radius 3 is 1.71 bits per heavy atom. The topological polar surface area (TPSA) is 163 Å². The van der Waals surface area contributed by atoms with Gasteiger partial charge < -0.3 is 35.8 Å². The average Bonchev–Trinajstić information content (AvgIpc) is 3.30. The first-order valence-electron chi connectivity index (χ1n) is 21.5. The van der Waals surface area contributed by atoms with Gasteiger partial charge in [0, 0.05) is 43.5 Å². The molecule has 2 fully saturated rings. The van der Waals surface area contributed by atoms with Crippen LogP contribution < -0.4 is 20.9 Å². The van der Waals surface area contributed by atoms with Crippen LogP contribution in [0.4, 0.5) is 16.4 Å². The Hall–Kier alpha value is -6.79. The molecule has 0 aliphatic carbocycles. The van der Waals surface area contributed by atoms with E-state index in [-0.39, 0.29) is 24.0 Å². The number of ether oxygens (including phenoxy) is 1. The number of fused-ring (bicyclic) bond motifs is 2. The molecule has 12 heteroatoms. The normalized spacial score (nSPS) is 16.4. The van der Waals surface area contributed by atoms with Gasteiger partial charge in [0.15, 0.2) is 11.6 Å². The van der Waals surface area contributed by atoms with E-state index in [1.54, 1.807) is 24.3 Å². The number of alkyl carbamates (subject to hydrolysis) is 1. The number of para-hydroxylation sites is 2. The third kappa shape index (κ3) is 9.87. The average molecular weight is 831 g/mol. The second-order valence-electron chi connectivity index (χ2n) is 16.4. The zero-order valence-electron chi connectivity index (χ0n) is 35.4. The smallest absolute Gasteiger partial charge is 0.407 e. The van der Waals surface area contributed by atoms with Gasteiger partial charge in [-0.1, -0.05) is 66.7 Å². The summed E-state index contributed by atoms with van der Waals surface area (Å²) in [6.45, 7) is 9.11. The minimum Gasteiger partial charge on any atom is -0.507 e. The fourth-order valence-corrected chi connectivity index (χ4v) is 8.37. The number of nitrogens with one attached hydrogen (secondary N) is 1. The molecule has 0 saturated carbocycles. The number of carbonyl (C=O) groups is 1. The number of nitrogens with zero attached hydrogens (tertiary/aromatic N) is 6. The van der Waals surface area contributed by atoms with Crippen LogP contribution in [0, 0.1) is 25.7 Å². The molecule has 5 N–H and O–H groups in total. The van der Waals surface area contributed by atoms with Gasteiger partial charge in [-0.05, 0) is 123 Å². The summed E-state index contributed by atoms with van der Waals surface area (Å²) in [6.07, 6.45) is 3.89. The number of aromatic nitrogens is 4. The molecular weight excluding hydrogens is 777 g/mol. The summed E-state index contributed by atoms with van der Waals surface area (Å²) < 4.78 is 5.37. The van der Waals surface area contributed by atoms with Gasteiger partial charge in [-0.2, -0.15) is 0 Å². The number of phenolic OH excluding ortho intramolecular Hbond substituents is 2. The largest absolute Gasteiger partial charge is 0.507 e. The molecule has 62 heavy (non-hydrogen) atoms. The van der Waals surface area contributed by atoms with Crippen LogP contribution in [-0.4, -0.2) is 75.5 Å². The highest BCUT2D eigenvalue weighted by atomic mass is 16.5. The predicted molar refractivity (Wildman–Crippen MR) is 246 cm³/mol. The van der Waals surface area contributed by atoms with E-state index < -0.39 is 6.09 Å². The van der Waals surface area contributed by atoms with Crippen molar-refractivity contribution in [2.45, 2.75) is 46.1 Å². The number of amides is 1. The first kappa shape index (κ1) is 41.9. The Labute approximate surface area is 362 Å². The van der Waals surface area contributed by atoms with Gasteiger partial charge in [0.25, 0.3) is 0 Å². The lowest BCUT2D eigenvalue weighted by Crippen LogP contribution is -2.41. The van der Waals surface area contributed by atoms with E-state index in [4.69, 9.17) is 30.4 Å². The van der Waals surface area contributed by atoms with E-state index in [9.17, 15) is 15.0 Å². The molecule has 0 unspecified atom stereocenters. The third-order valence-electron chi connectivity index (χ3n) is 11.7. The summed E-state index contributed by atoms with van der Waals surface area (Å²) in [6, 6.07) is 36.5. The fraction of sp³-hybridized carbons (Fsp3) is 0.300. The van der Waals surface area contributed by atoms with E-state index in [0.717, 1.165) is 95.6 Å². The van der Waals surface area contributed by atoms with Crippen LogP contribution in [0.2, 0.25) is 0 Å². The number of hydrogen-bond donors (Lipinski definition) is 4. The van der Waals surface area contributed by atoms with E-state index in [0.29, 0.717) is 41.8 Å². The maximum atomic E-state index is 12.3. The third-order valence-corrected chi connectivity index (χ3v) is 11.7. The minimum absolute atomic E-state index is 0.158. The second kappa shape index (κ2) is 19.3.